The minimum atomic E-state index is -0.0144. The summed E-state index contributed by atoms with van der Waals surface area (Å²) in [5.74, 6) is 1.09. The van der Waals surface area contributed by atoms with E-state index in [0.29, 0.717) is 17.0 Å². The molecule has 4 rings (SSSR count). The number of likely N-dealkylation sites (tertiary alicyclic amines) is 1. The van der Waals surface area contributed by atoms with Gasteiger partial charge in [-0.25, -0.2) is 0 Å². The molecule has 2 aromatic rings. The van der Waals surface area contributed by atoms with Gasteiger partial charge in [-0.15, -0.1) is 0 Å². The molecule has 2 aromatic heterocycles. The lowest BCUT2D eigenvalue weighted by Gasteiger charge is -2.32. The fourth-order valence-corrected chi connectivity index (χ4v) is 4.06. The van der Waals surface area contributed by atoms with Crippen LogP contribution in [-0.2, 0) is 18.3 Å². The van der Waals surface area contributed by atoms with Gasteiger partial charge in [0.1, 0.15) is 11.5 Å². The number of ether oxygens (including phenoxy) is 1. The first-order chi connectivity index (χ1) is 13.6. The zero-order valence-corrected chi connectivity index (χ0v) is 17.0. The molecule has 2 fully saturated rings. The molecule has 2 saturated heterocycles. The minimum absolute atomic E-state index is 0.0144. The van der Waals surface area contributed by atoms with Crippen LogP contribution in [0.4, 0.5) is 0 Å². The van der Waals surface area contributed by atoms with Gasteiger partial charge in [0, 0.05) is 51.9 Å². The Hall–Kier alpha value is -2.10. The molecule has 9 heteroatoms. The second-order valence-electron chi connectivity index (χ2n) is 7.48. The van der Waals surface area contributed by atoms with Crippen molar-refractivity contribution in [1.82, 2.24) is 29.5 Å². The molecular weight excluding hydrogens is 376 g/mol. The number of piperidine rings is 1. The second-order valence-corrected chi connectivity index (χ2v) is 7.86. The van der Waals surface area contributed by atoms with Crippen LogP contribution >= 0.6 is 12.2 Å². The number of carbonyl (C=O) groups is 1. The molecule has 0 radical (unpaired) electrons. The van der Waals surface area contributed by atoms with Crippen LogP contribution in [0.5, 0.6) is 0 Å². The summed E-state index contributed by atoms with van der Waals surface area (Å²) in [6.07, 6.45) is 3.77. The lowest BCUT2D eigenvalue weighted by atomic mass is 9.97. The summed E-state index contributed by atoms with van der Waals surface area (Å²) >= 11 is 5.22. The molecule has 2 aliphatic heterocycles. The molecule has 0 aliphatic carbocycles. The first-order valence-corrected chi connectivity index (χ1v) is 10.2. The Kier molecular flexibility index (Phi) is 5.84. The topological polar surface area (TPSA) is 79.3 Å². The van der Waals surface area contributed by atoms with E-state index in [1.54, 1.807) is 0 Å². The highest BCUT2D eigenvalue weighted by molar-refractivity contribution is 7.71. The van der Waals surface area contributed by atoms with Crippen molar-refractivity contribution < 1.29 is 9.53 Å². The van der Waals surface area contributed by atoms with Crippen LogP contribution < -0.4 is 0 Å². The van der Waals surface area contributed by atoms with E-state index in [2.05, 4.69) is 20.1 Å². The predicted octanol–water partition coefficient (Wildman–Crippen LogP) is 1.72. The van der Waals surface area contributed by atoms with E-state index in [4.69, 9.17) is 17.0 Å². The highest BCUT2D eigenvalue weighted by atomic mass is 32.1. The molecule has 1 unspecified atom stereocenters. The van der Waals surface area contributed by atoms with E-state index in [9.17, 15) is 4.79 Å². The van der Waals surface area contributed by atoms with Gasteiger partial charge in [0.05, 0.1) is 13.2 Å². The summed E-state index contributed by atoms with van der Waals surface area (Å²) in [5, 5.41) is 7.19. The van der Waals surface area contributed by atoms with Gasteiger partial charge in [-0.1, -0.05) is 6.07 Å². The maximum Gasteiger partial charge on any atom is 0.272 e. The van der Waals surface area contributed by atoms with E-state index < -0.39 is 0 Å². The number of pyridine rings is 1. The smallest absolute Gasteiger partial charge is 0.272 e. The van der Waals surface area contributed by atoms with Crippen molar-refractivity contribution in [3.63, 3.8) is 0 Å². The van der Waals surface area contributed by atoms with Gasteiger partial charge in [-0.3, -0.25) is 19.8 Å². The van der Waals surface area contributed by atoms with Crippen molar-refractivity contribution >= 4 is 18.1 Å². The van der Waals surface area contributed by atoms with Gasteiger partial charge in [0.2, 0.25) is 0 Å². The van der Waals surface area contributed by atoms with Crippen LogP contribution in [0.2, 0.25) is 0 Å². The van der Waals surface area contributed by atoms with Gasteiger partial charge >= 0.3 is 0 Å². The molecule has 28 heavy (non-hydrogen) atoms. The monoisotopic (exact) mass is 402 g/mol. The van der Waals surface area contributed by atoms with Gasteiger partial charge < -0.3 is 14.2 Å². The lowest BCUT2D eigenvalue weighted by Crippen LogP contribution is -2.40. The van der Waals surface area contributed by atoms with Crippen molar-refractivity contribution in [2.24, 2.45) is 7.05 Å². The summed E-state index contributed by atoms with van der Waals surface area (Å²) in [5.41, 5.74) is 1.62. The largest absolute Gasteiger partial charge is 0.379 e. The maximum absolute atomic E-state index is 12.9. The van der Waals surface area contributed by atoms with Crippen molar-refractivity contribution in [2.75, 3.05) is 39.4 Å². The fraction of sp³-hybridized carbons (Fsp3) is 0.579. The Morgan fingerprint density at radius 3 is 2.82 bits per heavy atom. The average molecular weight is 403 g/mol. The van der Waals surface area contributed by atoms with Gasteiger partial charge in [0.25, 0.3) is 5.91 Å². The molecule has 0 saturated carbocycles. The summed E-state index contributed by atoms with van der Waals surface area (Å²) < 4.78 is 7.89. The van der Waals surface area contributed by atoms with Gasteiger partial charge in [-0.05, 0) is 36.7 Å². The molecule has 1 amide bonds. The van der Waals surface area contributed by atoms with E-state index in [1.807, 2.05) is 34.8 Å². The summed E-state index contributed by atoms with van der Waals surface area (Å²) in [4.78, 5) is 21.6. The van der Waals surface area contributed by atoms with Crippen LogP contribution in [-0.4, -0.2) is 74.8 Å². The first-order valence-electron chi connectivity index (χ1n) is 9.77. The number of carbonyl (C=O) groups excluding carboxylic acids is 1. The Labute approximate surface area is 169 Å². The van der Waals surface area contributed by atoms with Crippen molar-refractivity contribution in [3.05, 3.63) is 40.2 Å². The minimum Gasteiger partial charge on any atom is -0.379 e. The molecule has 0 spiro atoms. The number of H-pyrrole nitrogens is 1. The maximum atomic E-state index is 12.9. The van der Waals surface area contributed by atoms with Crippen molar-refractivity contribution in [1.29, 1.82) is 0 Å². The standard InChI is InChI=1S/C19H26N6O2S/c1-23-17(21-22-19(23)28)15-3-2-6-25(13-15)18(26)16-5-4-14(11-20-16)12-24-7-9-27-10-8-24/h4-5,11,15H,2-3,6-10,12-13H2,1H3,(H,22,28). The van der Waals surface area contributed by atoms with Crippen LogP contribution in [0.3, 0.4) is 0 Å². The number of aromatic nitrogens is 4. The van der Waals surface area contributed by atoms with Crippen LogP contribution in [0.25, 0.3) is 0 Å². The van der Waals surface area contributed by atoms with E-state index in [0.717, 1.165) is 63.6 Å². The summed E-state index contributed by atoms with van der Waals surface area (Å²) in [6, 6.07) is 3.85. The van der Waals surface area contributed by atoms with E-state index >= 15 is 0 Å². The second kappa shape index (κ2) is 8.50. The number of nitrogens with zero attached hydrogens (tertiary/aromatic N) is 5. The molecule has 4 heterocycles. The quantitative estimate of drug-likeness (QED) is 0.785. The van der Waals surface area contributed by atoms with Gasteiger partial charge in [-0.2, -0.15) is 5.10 Å². The van der Waals surface area contributed by atoms with Crippen molar-refractivity contribution in [2.45, 2.75) is 25.3 Å². The van der Waals surface area contributed by atoms with Gasteiger partial charge in [0.15, 0.2) is 4.77 Å². The average Bonchev–Trinajstić information content (AvgIpc) is 3.07. The number of rotatable bonds is 4. The van der Waals surface area contributed by atoms with Crippen LogP contribution in [0, 0.1) is 4.77 Å². The molecule has 1 N–H and O–H groups in total. The molecule has 0 aromatic carbocycles. The Bertz CT molecular complexity index is 871. The molecule has 2 aliphatic rings. The summed E-state index contributed by atoms with van der Waals surface area (Å²) in [6.45, 7) is 5.67. The Balaban J connectivity index is 1.40. The molecule has 150 valence electrons. The number of aromatic amines is 1. The normalized spacial score (nSPS) is 21.0. The third-order valence-corrected chi connectivity index (χ3v) is 5.91. The molecular formula is C19H26N6O2S. The molecule has 0 bridgehead atoms. The number of hydrogen-bond donors (Lipinski definition) is 1. The number of amides is 1. The lowest BCUT2D eigenvalue weighted by molar-refractivity contribution is 0.0341. The Morgan fingerprint density at radius 2 is 2.14 bits per heavy atom. The predicted molar refractivity (Wildman–Crippen MR) is 107 cm³/mol. The fourth-order valence-electron chi connectivity index (χ4n) is 3.92. The summed E-state index contributed by atoms with van der Waals surface area (Å²) in [7, 11) is 1.91. The highest BCUT2D eigenvalue weighted by Gasteiger charge is 2.28. The van der Waals surface area contributed by atoms with E-state index in [1.165, 1.54) is 0 Å². The first kappa shape index (κ1) is 19.2. The Morgan fingerprint density at radius 1 is 1.32 bits per heavy atom. The SMILES string of the molecule is Cn1c(C2CCCN(C(=O)c3ccc(CN4CCOCC4)cn3)C2)n[nH]c1=S. The number of morpholine rings is 1. The van der Waals surface area contributed by atoms with Crippen molar-refractivity contribution in [3.8, 4) is 0 Å². The van der Waals surface area contributed by atoms with E-state index in [-0.39, 0.29) is 11.8 Å². The highest BCUT2D eigenvalue weighted by Crippen LogP contribution is 2.26. The van der Waals surface area contributed by atoms with Crippen LogP contribution in [0.15, 0.2) is 18.3 Å². The molecule has 8 nitrogen and oxygen atoms in total. The third-order valence-electron chi connectivity index (χ3n) is 5.54. The number of nitrogens with one attached hydrogen (secondary N) is 1. The number of hydrogen-bond acceptors (Lipinski definition) is 6. The molecule has 1 atom stereocenters. The third kappa shape index (κ3) is 4.16. The van der Waals surface area contributed by atoms with Crippen LogP contribution in [0.1, 0.15) is 40.6 Å². The zero-order chi connectivity index (χ0) is 19.5. The zero-order valence-electron chi connectivity index (χ0n) is 16.1.